The Morgan fingerprint density at radius 1 is 1.30 bits per heavy atom. The molecule has 23 heavy (non-hydrogen) atoms. The molecule has 5 nitrogen and oxygen atoms in total. The van der Waals surface area contributed by atoms with Gasteiger partial charge in [0.2, 0.25) is 0 Å². The van der Waals surface area contributed by atoms with Crippen molar-refractivity contribution in [1.82, 2.24) is 10.2 Å². The molecule has 0 spiro atoms. The molecule has 0 aromatic heterocycles. The molecule has 1 aliphatic rings. The highest BCUT2D eigenvalue weighted by atomic mass is 32.2. The second-order valence-corrected chi connectivity index (χ2v) is 8.83. The second kappa shape index (κ2) is 7.34. The summed E-state index contributed by atoms with van der Waals surface area (Å²) in [6.45, 7) is 6.89. The van der Waals surface area contributed by atoms with E-state index in [0.29, 0.717) is 12.5 Å². The fourth-order valence-corrected chi connectivity index (χ4v) is 4.59. The Bertz CT molecular complexity index is 628. The van der Waals surface area contributed by atoms with Gasteiger partial charge in [0.15, 0.2) is 9.84 Å². The predicted octanol–water partition coefficient (Wildman–Crippen LogP) is 2.25. The first-order valence-electron chi connectivity index (χ1n) is 8.10. The molecule has 1 heterocycles. The summed E-state index contributed by atoms with van der Waals surface area (Å²) in [5.41, 5.74) is 1.21. The Kier molecular flexibility index (Phi) is 5.68. The van der Waals surface area contributed by atoms with Gasteiger partial charge in [-0.25, -0.2) is 13.2 Å². The molecule has 0 aliphatic carbocycles. The Morgan fingerprint density at radius 2 is 1.96 bits per heavy atom. The van der Waals surface area contributed by atoms with Gasteiger partial charge >= 0.3 is 6.03 Å². The van der Waals surface area contributed by atoms with Crippen LogP contribution in [0.4, 0.5) is 4.79 Å². The molecule has 1 fully saturated rings. The maximum absolute atomic E-state index is 12.4. The molecule has 2 unspecified atom stereocenters. The van der Waals surface area contributed by atoms with Crippen molar-refractivity contribution in [2.45, 2.75) is 32.7 Å². The van der Waals surface area contributed by atoms with E-state index >= 15 is 0 Å². The second-order valence-electron chi connectivity index (χ2n) is 6.60. The van der Waals surface area contributed by atoms with E-state index in [0.717, 1.165) is 0 Å². The highest BCUT2D eigenvalue weighted by Gasteiger charge is 2.31. The lowest BCUT2D eigenvalue weighted by Crippen LogP contribution is -2.53. The monoisotopic (exact) mass is 338 g/mol. The predicted molar refractivity (Wildman–Crippen MR) is 92.2 cm³/mol. The van der Waals surface area contributed by atoms with Crippen LogP contribution in [0.1, 0.15) is 32.3 Å². The van der Waals surface area contributed by atoms with Crippen molar-refractivity contribution in [1.29, 1.82) is 0 Å². The Balaban J connectivity index is 1.97. The summed E-state index contributed by atoms with van der Waals surface area (Å²) < 4.78 is 23.2. The molecule has 0 radical (unpaired) electrons. The number of rotatable bonds is 4. The molecule has 0 saturated carbocycles. The molecule has 0 bridgehead atoms. The van der Waals surface area contributed by atoms with E-state index in [1.807, 2.05) is 18.2 Å². The quantitative estimate of drug-likeness (QED) is 0.916. The third-order valence-electron chi connectivity index (χ3n) is 4.44. The van der Waals surface area contributed by atoms with Crippen LogP contribution in [0.2, 0.25) is 0 Å². The Morgan fingerprint density at radius 3 is 2.52 bits per heavy atom. The lowest BCUT2D eigenvalue weighted by Gasteiger charge is -2.34. The van der Waals surface area contributed by atoms with Crippen LogP contribution in [0.15, 0.2) is 30.3 Å². The van der Waals surface area contributed by atoms with Gasteiger partial charge in [-0.1, -0.05) is 44.2 Å². The van der Waals surface area contributed by atoms with E-state index in [-0.39, 0.29) is 36.0 Å². The Labute approximate surface area is 139 Å². The van der Waals surface area contributed by atoms with E-state index in [1.165, 1.54) is 5.56 Å². The minimum Gasteiger partial charge on any atom is -0.337 e. The smallest absolute Gasteiger partial charge is 0.317 e. The molecule has 2 amide bonds. The van der Waals surface area contributed by atoms with E-state index in [1.54, 1.807) is 11.8 Å². The third kappa shape index (κ3) is 4.70. The summed E-state index contributed by atoms with van der Waals surface area (Å²) >= 11 is 0. The number of hydrogen-bond acceptors (Lipinski definition) is 3. The highest BCUT2D eigenvalue weighted by molar-refractivity contribution is 7.91. The van der Waals surface area contributed by atoms with Crippen molar-refractivity contribution < 1.29 is 13.2 Å². The van der Waals surface area contributed by atoms with Gasteiger partial charge in [-0.15, -0.1) is 0 Å². The SMILES string of the molecule is CC(C)C(CNC(=O)N1CCS(=O)(=O)CC1C)c1ccccc1. The first-order chi connectivity index (χ1) is 10.8. The molecule has 1 N–H and O–H groups in total. The molecule has 1 aromatic carbocycles. The topological polar surface area (TPSA) is 66.5 Å². The van der Waals surface area contributed by atoms with Crippen LogP contribution in [0, 0.1) is 5.92 Å². The maximum Gasteiger partial charge on any atom is 0.317 e. The van der Waals surface area contributed by atoms with Crippen molar-refractivity contribution in [3.8, 4) is 0 Å². The number of hydrogen-bond donors (Lipinski definition) is 1. The fraction of sp³-hybridized carbons (Fsp3) is 0.588. The van der Waals surface area contributed by atoms with Crippen LogP contribution in [0.5, 0.6) is 0 Å². The van der Waals surface area contributed by atoms with Crippen molar-refractivity contribution >= 4 is 15.9 Å². The van der Waals surface area contributed by atoms with Gasteiger partial charge in [-0.3, -0.25) is 0 Å². The summed E-state index contributed by atoms with van der Waals surface area (Å²) in [5, 5.41) is 2.98. The third-order valence-corrected chi connectivity index (χ3v) is 6.23. The normalized spacial score (nSPS) is 21.9. The number of carbonyl (C=O) groups excluding carboxylic acids is 1. The summed E-state index contributed by atoms with van der Waals surface area (Å²) in [5.74, 6) is 0.741. The lowest BCUT2D eigenvalue weighted by atomic mass is 9.88. The summed E-state index contributed by atoms with van der Waals surface area (Å²) in [4.78, 5) is 14.0. The van der Waals surface area contributed by atoms with Gasteiger partial charge in [-0.2, -0.15) is 0 Å². The van der Waals surface area contributed by atoms with Gasteiger partial charge in [0.05, 0.1) is 11.5 Å². The zero-order valence-corrected chi connectivity index (χ0v) is 14.8. The number of nitrogens with zero attached hydrogens (tertiary/aromatic N) is 1. The summed E-state index contributed by atoms with van der Waals surface area (Å²) in [7, 11) is -3.01. The summed E-state index contributed by atoms with van der Waals surface area (Å²) in [6.07, 6.45) is 0. The van der Waals surface area contributed by atoms with Crippen molar-refractivity contribution in [3.63, 3.8) is 0 Å². The van der Waals surface area contributed by atoms with Crippen LogP contribution in [0.25, 0.3) is 0 Å². The van der Waals surface area contributed by atoms with E-state index in [9.17, 15) is 13.2 Å². The molecule has 6 heteroatoms. The molecule has 1 aliphatic heterocycles. The van der Waals surface area contributed by atoms with Gasteiger partial charge < -0.3 is 10.2 Å². The highest BCUT2D eigenvalue weighted by Crippen LogP contribution is 2.23. The van der Waals surface area contributed by atoms with Crippen LogP contribution in [-0.4, -0.2) is 50.0 Å². The van der Waals surface area contributed by atoms with Gasteiger partial charge in [-0.05, 0) is 18.4 Å². The van der Waals surface area contributed by atoms with Gasteiger partial charge in [0.25, 0.3) is 0 Å². The number of carbonyl (C=O) groups is 1. The lowest BCUT2D eigenvalue weighted by molar-refractivity contribution is 0.183. The van der Waals surface area contributed by atoms with Crippen molar-refractivity contribution in [2.75, 3.05) is 24.6 Å². The molecule has 1 saturated heterocycles. The van der Waals surface area contributed by atoms with Crippen LogP contribution in [-0.2, 0) is 9.84 Å². The standard InChI is InChI=1S/C17H26N2O3S/c1-13(2)16(15-7-5-4-6-8-15)11-18-17(20)19-9-10-23(21,22)12-14(19)3/h4-8,13-14,16H,9-12H2,1-3H3,(H,18,20). The minimum atomic E-state index is -3.01. The molecular weight excluding hydrogens is 312 g/mol. The first kappa shape index (κ1) is 17.8. The number of urea groups is 1. The number of amides is 2. The molecular formula is C17H26N2O3S. The maximum atomic E-state index is 12.4. The largest absolute Gasteiger partial charge is 0.337 e. The fourth-order valence-electron chi connectivity index (χ4n) is 3.04. The van der Waals surface area contributed by atoms with Gasteiger partial charge in [0.1, 0.15) is 0 Å². The number of benzene rings is 1. The zero-order valence-electron chi connectivity index (χ0n) is 14.0. The molecule has 1 aromatic rings. The molecule has 128 valence electrons. The minimum absolute atomic E-state index is 0.0483. The first-order valence-corrected chi connectivity index (χ1v) is 9.92. The summed E-state index contributed by atoms with van der Waals surface area (Å²) in [6, 6.07) is 9.69. The van der Waals surface area contributed by atoms with E-state index in [2.05, 4.69) is 31.3 Å². The zero-order chi connectivity index (χ0) is 17.0. The van der Waals surface area contributed by atoms with Crippen molar-refractivity contribution in [2.24, 2.45) is 5.92 Å². The van der Waals surface area contributed by atoms with Crippen LogP contribution < -0.4 is 5.32 Å². The average molecular weight is 338 g/mol. The number of sulfone groups is 1. The van der Waals surface area contributed by atoms with E-state index < -0.39 is 9.84 Å². The van der Waals surface area contributed by atoms with Crippen LogP contribution >= 0.6 is 0 Å². The van der Waals surface area contributed by atoms with E-state index in [4.69, 9.17) is 0 Å². The number of nitrogens with one attached hydrogen (secondary N) is 1. The molecule has 2 rings (SSSR count). The average Bonchev–Trinajstić information content (AvgIpc) is 2.47. The van der Waals surface area contributed by atoms with Crippen LogP contribution in [0.3, 0.4) is 0 Å². The van der Waals surface area contributed by atoms with Crippen molar-refractivity contribution in [3.05, 3.63) is 35.9 Å². The molecule has 2 atom stereocenters. The Hall–Kier alpha value is -1.56. The van der Waals surface area contributed by atoms with Gasteiger partial charge in [0, 0.05) is 25.0 Å².